The summed E-state index contributed by atoms with van der Waals surface area (Å²) in [6, 6.07) is 31.1. The van der Waals surface area contributed by atoms with Crippen molar-refractivity contribution in [2.24, 2.45) is 0 Å². The van der Waals surface area contributed by atoms with Gasteiger partial charge in [-0.15, -0.1) is 0 Å². The van der Waals surface area contributed by atoms with E-state index in [0.717, 1.165) is 59.0 Å². The van der Waals surface area contributed by atoms with Crippen LogP contribution in [-0.4, -0.2) is 32.6 Å². The van der Waals surface area contributed by atoms with Crippen LogP contribution in [-0.2, 0) is 38.8 Å². The van der Waals surface area contributed by atoms with Gasteiger partial charge >= 0.3 is 0 Å². The first-order chi connectivity index (χ1) is 24.4. The number of aliphatic hydroxyl groups excluding tert-OH is 1. The number of carbonyl (C=O) groups is 2. The molecule has 6 rings (SSSR count). The quantitative estimate of drug-likeness (QED) is 0.0695. The SMILES string of the molecule is Nc1ccccc1NC(=O)CCCCCCC(=O)NCc1ccc([C@H]2O[C@@H](Cn3cnc4ccccc43)C[C@@H](c3ccc(CO)cc3)O2)cc1. The molecule has 2 amide bonds. The minimum absolute atomic E-state index is 0.00530. The van der Waals surface area contributed by atoms with Crippen molar-refractivity contribution in [2.45, 2.75) is 83.1 Å². The molecular formula is C40H45N5O5. The molecule has 50 heavy (non-hydrogen) atoms. The zero-order chi connectivity index (χ0) is 34.7. The fraction of sp³-hybridized carbons (Fsp3) is 0.325. The number of benzene rings is 4. The van der Waals surface area contributed by atoms with Crippen molar-refractivity contribution in [1.82, 2.24) is 14.9 Å². The van der Waals surface area contributed by atoms with E-state index in [-0.39, 0.29) is 30.6 Å². The Morgan fingerprint density at radius 2 is 1.48 bits per heavy atom. The molecule has 1 fully saturated rings. The molecule has 0 radical (unpaired) electrons. The third-order valence-electron chi connectivity index (χ3n) is 9.08. The van der Waals surface area contributed by atoms with Gasteiger partial charge in [0.05, 0.1) is 54.1 Å². The lowest BCUT2D eigenvalue weighted by molar-refractivity contribution is -0.252. The van der Waals surface area contributed by atoms with Crippen molar-refractivity contribution in [1.29, 1.82) is 0 Å². The van der Waals surface area contributed by atoms with E-state index >= 15 is 0 Å². The van der Waals surface area contributed by atoms with E-state index in [1.54, 1.807) is 12.1 Å². The second-order valence-corrected chi connectivity index (χ2v) is 12.8. The van der Waals surface area contributed by atoms with Gasteiger partial charge in [0, 0.05) is 31.4 Å². The number of fused-ring (bicyclic) bond motifs is 1. The maximum absolute atomic E-state index is 12.5. The van der Waals surface area contributed by atoms with E-state index in [1.165, 1.54) is 0 Å². The predicted molar refractivity (Wildman–Crippen MR) is 194 cm³/mol. The molecule has 1 saturated heterocycles. The van der Waals surface area contributed by atoms with Gasteiger partial charge in [-0.2, -0.15) is 0 Å². The molecule has 1 aliphatic rings. The monoisotopic (exact) mass is 675 g/mol. The number of ether oxygens (including phenoxy) is 2. The third kappa shape index (κ3) is 9.35. The van der Waals surface area contributed by atoms with Crippen molar-refractivity contribution in [2.75, 3.05) is 11.1 Å². The third-order valence-corrected chi connectivity index (χ3v) is 9.08. The number of nitrogen functional groups attached to an aromatic ring is 1. The molecule has 0 spiro atoms. The number of anilines is 2. The zero-order valence-electron chi connectivity index (χ0n) is 28.2. The van der Waals surface area contributed by atoms with Crippen LogP contribution in [0.2, 0.25) is 0 Å². The molecule has 10 nitrogen and oxygen atoms in total. The van der Waals surface area contributed by atoms with E-state index in [2.05, 4.69) is 26.3 Å². The van der Waals surface area contributed by atoms with Crippen LogP contribution < -0.4 is 16.4 Å². The van der Waals surface area contributed by atoms with Gasteiger partial charge in [0.2, 0.25) is 11.8 Å². The lowest BCUT2D eigenvalue weighted by Gasteiger charge is -2.36. The van der Waals surface area contributed by atoms with Gasteiger partial charge in [-0.25, -0.2) is 4.98 Å². The Labute approximate surface area is 292 Å². The molecule has 0 aliphatic carbocycles. The van der Waals surface area contributed by atoms with Crippen molar-refractivity contribution in [3.05, 3.63) is 126 Å². The summed E-state index contributed by atoms with van der Waals surface area (Å²) in [6.45, 7) is 1.06. The summed E-state index contributed by atoms with van der Waals surface area (Å²) in [6.07, 6.45) is 5.82. The zero-order valence-corrected chi connectivity index (χ0v) is 28.2. The maximum Gasteiger partial charge on any atom is 0.224 e. The van der Waals surface area contributed by atoms with Gasteiger partial charge in [0.15, 0.2) is 6.29 Å². The Morgan fingerprint density at radius 1 is 0.800 bits per heavy atom. The van der Waals surface area contributed by atoms with Crippen LogP contribution in [0, 0.1) is 0 Å². The smallest absolute Gasteiger partial charge is 0.224 e. The van der Waals surface area contributed by atoms with Crippen LogP contribution in [0.25, 0.3) is 11.0 Å². The minimum Gasteiger partial charge on any atom is -0.397 e. The number of rotatable bonds is 15. The molecular weight excluding hydrogens is 630 g/mol. The van der Waals surface area contributed by atoms with E-state index < -0.39 is 6.29 Å². The highest BCUT2D eigenvalue weighted by Crippen LogP contribution is 2.38. The van der Waals surface area contributed by atoms with Crippen LogP contribution in [0.3, 0.4) is 0 Å². The van der Waals surface area contributed by atoms with Crippen LogP contribution >= 0.6 is 0 Å². The van der Waals surface area contributed by atoms with Crippen molar-refractivity contribution < 1.29 is 24.2 Å². The number of aliphatic hydroxyl groups is 1. The van der Waals surface area contributed by atoms with Gasteiger partial charge in [-0.05, 0) is 53.8 Å². The highest BCUT2D eigenvalue weighted by atomic mass is 16.7. The molecule has 3 atom stereocenters. The Kier molecular flexibility index (Phi) is 11.9. The number of hydrogen-bond acceptors (Lipinski definition) is 7. The normalized spacial score (nSPS) is 17.4. The van der Waals surface area contributed by atoms with Gasteiger partial charge in [0.25, 0.3) is 0 Å². The molecule has 1 aliphatic heterocycles. The average Bonchev–Trinajstić information content (AvgIpc) is 3.55. The molecule has 4 aromatic carbocycles. The summed E-state index contributed by atoms with van der Waals surface area (Å²) in [4.78, 5) is 29.3. The molecule has 0 saturated carbocycles. The Hall–Kier alpha value is -5.03. The summed E-state index contributed by atoms with van der Waals surface area (Å²) in [7, 11) is 0. The topological polar surface area (TPSA) is 141 Å². The lowest BCUT2D eigenvalue weighted by atomic mass is 9.99. The number of amides is 2. The number of carbonyl (C=O) groups excluding carboxylic acids is 2. The first-order valence-electron chi connectivity index (χ1n) is 17.4. The number of imidazole rings is 1. The number of nitrogens with zero attached hydrogens (tertiary/aromatic N) is 2. The number of para-hydroxylation sites is 4. The lowest BCUT2D eigenvalue weighted by Crippen LogP contribution is -2.32. The number of aromatic nitrogens is 2. The number of nitrogens with one attached hydrogen (secondary N) is 2. The summed E-state index contributed by atoms with van der Waals surface area (Å²) < 4.78 is 15.2. The maximum atomic E-state index is 12.5. The van der Waals surface area contributed by atoms with E-state index in [1.807, 2.05) is 85.2 Å². The summed E-state index contributed by atoms with van der Waals surface area (Å²) in [5.41, 5.74) is 12.9. The van der Waals surface area contributed by atoms with Crippen LogP contribution in [0.4, 0.5) is 11.4 Å². The number of hydrogen-bond donors (Lipinski definition) is 4. The molecule has 1 aromatic heterocycles. The molecule has 5 N–H and O–H groups in total. The Morgan fingerprint density at radius 3 is 2.24 bits per heavy atom. The molecule has 10 heteroatoms. The molecule has 260 valence electrons. The van der Waals surface area contributed by atoms with Crippen LogP contribution in [0.1, 0.15) is 79.6 Å². The molecule has 5 aromatic rings. The predicted octanol–water partition coefficient (Wildman–Crippen LogP) is 6.95. The van der Waals surface area contributed by atoms with E-state index in [4.69, 9.17) is 15.2 Å². The average molecular weight is 676 g/mol. The van der Waals surface area contributed by atoms with Crippen molar-refractivity contribution in [3.8, 4) is 0 Å². The van der Waals surface area contributed by atoms with E-state index in [0.29, 0.717) is 43.7 Å². The highest BCUT2D eigenvalue weighted by molar-refractivity contribution is 5.93. The standard InChI is InChI=1S/C40H45N5O5/c41-33-9-5-6-10-34(33)44-39(48)14-4-2-1-3-13-38(47)42-24-28-15-21-31(22-16-28)40-49-32(25-45-27-43-35-11-7-8-12-36(35)45)23-37(50-40)30-19-17-29(26-46)18-20-30/h5-12,15-22,27,32,37,40,46H,1-4,13-14,23-26,41H2,(H,42,47)(H,44,48)/t32-,37+,40+/m1/s1. The number of nitrogens with two attached hydrogens (primary N) is 1. The van der Waals surface area contributed by atoms with E-state index in [9.17, 15) is 14.7 Å². The molecule has 0 bridgehead atoms. The fourth-order valence-corrected chi connectivity index (χ4v) is 6.24. The second-order valence-electron chi connectivity index (χ2n) is 12.8. The van der Waals surface area contributed by atoms with Gasteiger partial charge < -0.3 is 35.5 Å². The molecule has 2 heterocycles. The summed E-state index contributed by atoms with van der Waals surface area (Å²) >= 11 is 0. The first kappa shape index (κ1) is 34.8. The van der Waals surface area contributed by atoms with Gasteiger partial charge in [-0.3, -0.25) is 9.59 Å². The summed E-state index contributed by atoms with van der Waals surface area (Å²) in [5.74, 6) is -0.0418. The van der Waals surface area contributed by atoms with Crippen LogP contribution in [0.5, 0.6) is 0 Å². The highest BCUT2D eigenvalue weighted by Gasteiger charge is 2.32. The first-order valence-corrected chi connectivity index (χ1v) is 17.4. The minimum atomic E-state index is -0.572. The van der Waals surface area contributed by atoms with Crippen LogP contribution in [0.15, 0.2) is 103 Å². The number of unbranched alkanes of at least 4 members (excludes halogenated alkanes) is 3. The Balaban J connectivity index is 0.973. The van der Waals surface area contributed by atoms with Crippen molar-refractivity contribution >= 4 is 34.2 Å². The molecule has 0 unspecified atom stereocenters. The van der Waals surface area contributed by atoms with Gasteiger partial charge in [0.1, 0.15) is 0 Å². The summed E-state index contributed by atoms with van der Waals surface area (Å²) in [5, 5.41) is 15.4. The largest absolute Gasteiger partial charge is 0.397 e. The van der Waals surface area contributed by atoms with Gasteiger partial charge in [-0.1, -0.05) is 85.6 Å². The fourth-order valence-electron chi connectivity index (χ4n) is 6.24. The van der Waals surface area contributed by atoms with Crippen molar-refractivity contribution in [3.63, 3.8) is 0 Å². The second kappa shape index (κ2) is 17.1. The Bertz CT molecular complexity index is 1860.